The SMILES string of the molecule is NCCCCCCCCCCCCCCCCCCCCCCCCCCCCCCCCCCCCCCCC(=O)Nc1nc2c(cc1C(F)(F)F)CN(C(=O)O)CC2. The van der Waals surface area contributed by atoms with E-state index in [0.717, 1.165) is 36.8 Å². The number of amides is 2. The molecule has 1 aliphatic heterocycles. The van der Waals surface area contributed by atoms with Crippen LogP contribution in [0.1, 0.15) is 261 Å². The van der Waals surface area contributed by atoms with Crippen LogP contribution in [-0.4, -0.2) is 40.1 Å². The zero-order valence-corrected chi connectivity index (χ0v) is 38.1. The molecule has 1 aromatic heterocycles. The monoisotopic (exact) mass is 851 g/mol. The van der Waals surface area contributed by atoms with Crippen molar-refractivity contribution >= 4 is 17.8 Å². The molecule has 0 bridgehead atoms. The first-order valence-corrected chi connectivity index (χ1v) is 25.3. The molecule has 10 heteroatoms. The highest BCUT2D eigenvalue weighted by molar-refractivity contribution is 5.90. The Balaban J connectivity index is 1.26. The molecular weight excluding hydrogens is 762 g/mol. The van der Waals surface area contributed by atoms with Crippen LogP contribution in [0.15, 0.2) is 6.07 Å². The lowest BCUT2D eigenvalue weighted by atomic mass is 10.0. The van der Waals surface area contributed by atoms with Gasteiger partial charge >= 0.3 is 12.3 Å². The first-order valence-electron chi connectivity index (χ1n) is 25.3. The first-order chi connectivity index (χ1) is 29.2. The summed E-state index contributed by atoms with van der Waals surface area (Å²) in [5, 5.41) is 11.6. The smallest absolute Gasteiger partial charge is 0.419 e. The summed E-state index contributed by atoms with van der Waals surface area (Å²) < 4.78 is 41.2. The van der Waals surface area contributed by atoms with E-state index in [2.05, 4.69) is 10.3 Å². The molecule has 0 fully saturated rings. The number of aromatic nitrogens is 1. The maximum atomic E-state index is 13.7. The molecule has 0 spiro atoms. The van der Waals surface area contributed by atoms with Crippen LogP contribution < -0.4 is 11.1 Å². The number of pyridine rings is 1. The number of hydrogen-bond donors (Lipinski definition) is 3. The van der Waals surface area contributed by atoms with E-state index in [1.807, 2.05) is 0 Å². The summed E-state index contributed by atoms with van der Waals surface area (Å²) in [7, 11) is 0. The van der Waals surface area contributed by atoms with Crippen molar-refractivity contribution in [1.82, 2.24) is 9.88 Å². The molecule has 0 aliphatic carbocycles. The van der Waals surface area contributed by atoms with Crippen molar-refractivity contribution < 1.29 is 27.9 Å². The maximum Gasteiger partial charge on any atom is 0.419 e. The Morgan fingerprint density at radius 2 is 0.883 bits per heavy atom. The van der Waals surface area contributed by atoms with Gasteiger partial charge in [-0.2, -0.15) is 13.2 Å². The van der Waals surface area contributed by atoms with E-state index in [1.165, 1.54) is 212 Å². The summed E-state index contributed by atoms with van der Waals surface area (Å²) in [6, 6.07) is 0.928. The van der Waals surface area contributed by atoms with Gasteiger partial charge in [0, 0.05) is 25.1 Å². The number of fused-ring (bicyclic) bond motifs is 1. The van der Waals surface area contributed by atoms with E-state index in [0.29, 0.717) is 12.1 Å². The Labute approximate surface area is 364 Å². The van der Waals surface area contributed by atoms with E-state index in [-0.39, 0.29) is 31.5 Å². The van der Waals surface area contributed by atoms with Gasteiger partial charge in [0.1, 0.15) is 5.82 Å². The Kier molecular flexibility index (Phi) is 32.4. The Bertz CT molecular complexity index is 1210. The molecule has 0 saturated carbocycles. The third-order valence-electron chi connectivity index (χ3n) is 12.6. The van der Waals surface area contributed by atoms with Gasteiger partial charge in [0.25, 0.3) is 0 Å². The average Bonchev–Trinajstić information content (AvgIpc) is 3.22. The molecule has 1 aromatic rings. The van der Waals surface area contributed by atoms with Gasteiger partial charge in [-0.05, 0) is 31.0 Å². The molecule has 1 aliphatic rings. The number of carboxylic acid groups (broad SMARTS) is 1. The van der Waals surface area contributed by atoms with E-state index in [9.17, 15) is 27.9 Å². The lowest BCUT2D eigenvalue weighted by molar-refractivity contribution is -0.137. The fourth-order valence-electron chi connectivity index (χ4n) is 8.76. The number of nitrogens with one attached hydrogen (secondary N) is 1. The minimum Gasteiger partial charge on any atom is -0.465 e. The number of carbonyl (C=O) groups is 2. The summed E-state index contributed by atoms with van der Waals surface area (Å²) in [6.45, 7) is 0.870. The maximum absolute atomic E-state index is 13.7. The van der Waals surface area contributed by atoms with Gasteiger partial charge in [-0.3, -0.25) is 4.79 Å². The highest BCUT2D eigenvalue weighted by Gasteiger charge is 2.37. The van der Waals surface area contributed by atoms with Crippen LogP contribution in [0.4, 0.5) is 23.8 Å². The Morgan fingerprint density at radius 1 is 0.567 bits per heavy atom. The molecule has 0 saturated heterocycles. The van der Waals surface area contributed by atoms with Crippen molar-refractivity contribution in [1.29, 1.82) is 0 Å². The fraction of sp³-hybridized carbons (Fsp3) is 0.860. The van der Waals surface area contributed by atoms with Crippen molar-refractivity contribution in [2.75, 3.05) is 18.4 Å². The number of nitrogens with two attached hydrogens (primary N) is 1. The van der Waals surface area contributed by atoms with Gasteiger partial charge in [-0.15, -0.1) is 0 Å². The van der Waals surface area contributed by atoms with Crippen LogP contribution in [0, 0.1) is 0 Å². The minimum atomic E-state index is -4.71. The van der Waals surface area contributed by atoms with Crippen LogP contribution in [0.2, 0.25) is 0 Å². The third kappa shape index (κ3) is 28.3. The highest BCUT2D eigenvalue weighted by Crippen LogP contribution is 2.36. The second kappa shape index (κ2) is 36.2. The lowest BCUT2D eigenvalue weighted by Gasteiger charge is -2.27. The lowest BCUT2D eigenvalue weighted by Crippen LogP contribution is -2.35. The summed E-state index contributed by atoms with van der Waals surface area (Å²) in [4.78, 5) is 28.9. The number of carbonyl (C=O) groups excluding carboxylic acids is 1. The van der Waals surface area contributed by atoms with Crippen LogP contribution >= 0.6 is 0 Å². The number of rotatable bonds is 40. The van der Waals surface area contributed by atoms with Crippen LogP contribution in [0.3, 0.4) is 0 Å². The van der Waals surface area contributed by atoms with Gasteiger partial charge in [0.05, 0.1) is 12.1 Å². The largest absolute Gasteiger partial charge is 0.465 e. The average molecular weight is 851 g/mol. The first kappa shape index (κ1) is 53.8. The summed E-state index contributed by atoms with van der Waals surface area (Å²) in [6.07, 6.45) is 44.1. The second-order valence-corrected chi connectivity index (χ2v) is 18.1. The van der Waals surface area contributed by atoms with Crippen molar-refractivity contribution in [2.24, 2.45) is 5.73 Å². The second-order valence-electron chi connectivity index (χ2n) is 18.1. The number of unbranched alkanes of at least 4 members (excludes halogenated alkanes) is 36. The molecule has 0 unspecified atom stereocenters. The number of hydrogen-bond acceptors (Lipinski definition) is 4. The van der Waals surface area contributed by atoms with Crippen molar-refractivity contribution in [3.05, 3.63) is 22.9 Å². The van der Waals surface area contributed by atoms with E-state index < -0.39 is 29.6 Å². The molecule has 2 amide bonds. The third-order valence-corrected chi connectivity index (χ3v) is 12.6. The number of anilines is 1. The van der Waals surface area contributed by atoms with E-state index in [4.69, 9.17) is 5.73 Å². The van der Waals surface area contributed by atoms with Gasteiger partial charge in [-0.25, -0.2) is 9.78 Å². The van der Waals surface area contributed by atoms with Gasteiger partial charge < -0.3 is 21.1 Å². The molecule has 60 heavy (non-hydrogen) atoms. The normalized spacial score (nSPS) is 12.9. The van der Waals surface area contributed by atoms with Gasteiger partial charge in [0.15, 0.2) is 0 Å². The minimum absolute atomic E-state index is 0.145. The molecule has 2 rings (SSSR count). The molecule has 4 N–H and O–H groups in total. The number of nitrogens with zero attached hydrogens (tertiary/aromatic N) is 2. The number of halogens is 3. The molecular formula is C50H89F3N4O3. The van der Waals surface area contributed by atoms with Crippen LogP contribution in [0.5, 0.6) is 0 Å². The zero-order chi connectivity index (χ0) is 43.4. The Morgan fingerprint density at radius 3 is 1.18 bits per heavy atom. The fourth-order valence-corrected chi connectivity index (χ4v) is 8.76. The molecule has 0 aromatic carbocycles. The summed E-state index contributed by atoms with van der Waals surface area (Å²) >= 11 is 0. The topological polar surface area (TPSA) is 109 Å². The Hall–Kier alpha value is -2.36. The highest BCUT2D eigenvalue weighted by atomic mass is 19.4. The molecule has 348 valence electrons. The van der Waals surface area contributed by atoms with Gasteiger partial charge in [0.2, 0.25) is 5.91 Å². The van der Waals surface area contributed by atoms with Gasteiger partial charge in [-0.1, -0.05) is 225 Å². The predicted molar refractivity (Wildman–Crippen MR) is 245 cm³/mol. The molecule has 2 heterocycles. The summed E-state index contributed by atoms with van der Waals surface area (Å²) in [5.74, 6) is -0.952. The van der Waals surface area contributed by atoms with Crippen molar-refractivity contribution in [3.63, 3.8) is 0 Å². The molecule has 0 atom stereocenters. The van der Waals surface area contributed by atoms with Crippen LogP contribution in [0.25, 0.3) is 0 Å². The van der Waals surface area contributed by atoms with E-state index in [1.54, 1.807) is 0 Å². The van der Waals surface area contributed by atoms with Crippen molar-refractivity contribution in [2.45, 2.75) is 263 Å². The quantitative estimate of drug-likeness (QED) is 0.0570. The standard InChI is InChI=1S/C50H89F3N4O3/c51-50(52,53)45-42-44-43-57(49(59)60)41-39-46(44)55-48(45)56-47(58)38-36-34-32-30-28-26-24-22-20-18-16-14-12-10-8-6-4-2-1-3-5-7-9-11-13-15-17-19-21-23-25-27-29-31-33-35-37-40-54/h42H,1-41,43,54H2,(H,59,60)(H,55,56,58). The number of alkyl halides is 3. The predicted octanol–water partition coefficient (Wildman–Crippen LogP) is 15.9. The molecule has 0 radical (unpaired) electrons. The van der Waals surface area contributed by atoms with Crippen molar-refractivity contribution in [3.8, 4) is 0 Å². The zero-order valence-electron chi connectivity index (χ0n) is 38.1. The van der Waals surface area contributed by atoms with E-state index >= 15 is 0 Å². The molecule has 7 nitrogen and oxygen atoms in total. The van der Waals surface area contributed by atoms with Crippen LogP contribution in [-0.2, 0) is 23.9 Å². The summed E-state index contributed by atoms with van der Waals surface area (Å²) in [5.41, 5.74) is 5.15.